The quantitative estimate of drug-likeness (QED) is 0.832. The summed E-state index contributed by atoms with van der Waals surface area (Å²) < 4.78 is 5.00. The minimum absolute atomic E-state index is 0.318. The summed E-state index contributed by atoms with van der Waals surface area (Å²) in [5.74, 6) is 0.492. The highest BCUT2D eigenvalue weighted by Crippen LogP contribution is 2.36. The van der Waals surface area contributed by atoms with Gasteiger partial charge in [-0.1, -0.05) is 29.3 Å². The predicted octanol–water partition coefficient (Wildman–Crippen LogP) is 2.46. The van der Waals surface area contributed by atoms with E-state index in [1.807, 2.05) is 0 Å². The summed E-state index contributed by atoms with van der Waals surface area (Å²) in [5.41, 5.74) is 0.639. The van der Waals surface area contributed by atoms with Crippen molar-refractivity contribution in [2.45, 2.75) is 6.04 Å². The van der Waals surface area contributed by atoms with Crippen LogP contribution in [0.2, 0.25) is 10.0 Å². The van der Waals surface area contributed by atoms with Crippen molar-refractivity contribution in [1.82, 2.24) is 5.32 Å². The van der Waals surface area contributed by atoms with E-state index in [0.29, 0.717) is 21.4 Å². The van der Waals surface area contributed by atoms with Gasteiger partial charge in [-0.2, -0.15) is 0 Å². The SMILES string of the molecule is CNC(C=O)c1ccc(OC)c(Cl)c1Cl. The number of carbonyl (C=O) groups excluding carboxylic acids is 1. The van der Waals surface area contributed by atoms with Crippen LogP contribution in [0.3, 0.4) is 0 Å². The van der Waals surface area contributed by atoms with Crippen LogP contribution in [0.4, 0.5) is 0 Å². The molecular weight excluding hydrogens is 237 g/mol. The molecule has 0 aromatic heterocycles. The minimum Gasteiger partial charge on any atom is -0.495 e. The van der Waals surface area contributed by atoms with Crippen molar-refractivity contribution in [2.75, 3.05) is 14.2 Å². The predicted molar refractivity (Wildman–Crippen MR) is 60.9 cm³/mol. The van der Waals surface area contributed by atoms with E-state index in [2.05, 4.69) is 5.32 Å². The molecule has 0 radical (unpaired) electrons. The first kappa shape index (κ1) is 12.3. The summed E-state index contributed by atoms with van der Waals surface area (Å²) in [4.78, 5) is 10.8. The Balaban J connectivity index is 3.21. The molecule has 1 aromatic rings. The Kier molecular flexibility index (Phi) is 4.39. The highest BCUT2D eigenvalue weighted by atomic mass is 35.5. The third kappa shape index (κ3) is 2.43. The number of hydrogen-bond acceptors (Lipinski definition) is 3. The molecule has 0 aliphatic carbocycles. The molecule has 0 aliphatic rings. The molecule has 1 N–H and O–H groups in total. The highest BCUT2D eigenvalue weighted by Gasteiger charge is 2.16. The highest BCUT2D eigenvalue weighted by molar-refractivity contribution is 6.43. The van der Waals surface area contributed by atoms with Crippen molar-refractivity contribution in [2.24, 2.45) is 0 Å². The van der Waals surface area contributed by atoms with Crippen LogP contribution < -0.4 is 10.1 Å². The van der Waals surface area contributed by atoms with Gasteiger partial charge in [0.2, 0.25) is 0 Å². The van der Waals surface area contributed by atoms with E-state index in [-0.39, 0.29) is 0 Å². The van der Waals surface area contributed by atoms with Crippen LogP contribution in [0.15, 0.2) is 12.1 Å². The molecule has 1 atom stereocenters. The van der Waals surface area contributed by atoms with Crippen LogP contribution >= 0.6 is 23.2 Å². The number of halogens is 2. The Labute approximate surface area is 98.3 Å². The lowest BCUT2D eigenvalue weighted by Crippen LogP contribution is -2.17. The second-order valence-corrected chi connectivity index (χ2v) is 3.64. The lowest BCUT2D eigenvalue weighted by Gasteiger charge is -2.13. The molecule has 1 rings (SSSR count). The fourth-order valence-electron chi connectivity index (χ4n) is 1.24. The molecule has 0 saturated carbocycles. The number of hydrogen-bond donors (Lipinski definition) is 1. The third-order valence-corrected chi connectivity index (χ3v) is 2.96. The van der Waals surface area contributed by atoms with Crippen LogP contribution in [0, 0.1) is 0 Å². The number of nitrogens with one attached hydrogen (secondary N) is 1. The van der Waals surface area contributed by atoms with Crippen molar-refractivity contribution in [3.05, 3.63) is 27.7 Å². The van der Waals surface area contributed by atoms with Crippen molar-refractivity contribution in [3.63, 3.8) is 0 Å². The van der Waals surface area contributed by atoms with Crippen molar-refractivity contribution in [3.8, 4) is 5.75 Å². The topological polar surface area (TPSA) is 38.3 Å². The minimum atomic E-state index is -0.457. The van der Waals surface area contributed by atoms with Gasteiger partial charge in [0.15, 0.2) is 0 Å². The summed E-state index contributed by atoms with van der Waals surface area (Å²) in [6, 6.07) is 2.93. The molecule has 0 bridgehead atoms. The molecule has 3 nitrogen and oxygen atoms in total. The maximum atomic E-state index is 10.8. The third-order valence-electron chi connectivity index (χ3n) is 2.08. The van der Waals surface area contributed by atoms with E-state index in [1.165, 1.54) is 7.11 Å². The van der Waals surface area contributed by atoms with Gasteiger partial charge in [0.25, 0.3) is 0 Å². The maximum Gasteiger partial charge on any atom is 0.141 e. The summed E-state index contributed by atoms with van der Waals surface area (Å²) in [6.07, 6.45) is 0.768. The molecular formula is C10H11Cl2NO2. The molecule has 0 aliphatic heterocycles. The van der Waals surface area contributed by atoms with Gasteiger partial charge in [0.05, 0.1) is 18.2 Å². The van der Waals surface area contributed by atoms with E-state index >= 15 is 0 Å². The normalized spacial score (nSPS) is 12.3. The fraction of sp³-hybridized carbons (Fsp3) is 0.300. The average molecular weight is 248 g/mol. The van der Waals surface area contributed by atoms with Gasteiger partial charge in [-0.3, -0.25) is 0 Å². The standard InChI is InChI=1S/C10H11Cl2NO2/c1-13-7(5-14)6-3-4-8(15-2)10(12)9(6)11/h3-5,7,13H,1-2H3. The molecule has 0 saturated heterocycles. The number of carbonyl (C=O) groups is 1. The lowest BCUT2D eigenvalue weighted by atomic mass is 10.1. The van der Waals surface area contributed by atoms with Gasteiger partial charge >= 0.3 is 0 Å². The van der Waals surface area contributed by atoms with Crippen LogP contribution in [0.5, 0.6) is 5.75 Å². The zero-order valence-corrected chi connectivity index (χ0v) is 9.89. The van der Waals surface area contributed by atoms with Crippen LogP contribution in [0.25, 0.3) is 0 Å². The Hall–Kier alpha value is -0.770. The van der Waals surface area contributed by atoms with Crippen LogP contribution in [-0.2, 0) is 4.79 Å². The van der Waals surface area contributed by atoms with Crippen LogP contribution in [-0.4, -0.2) is 20.4 Å². The van der Waals surface area contributed by atoms with Crippen molar-refractivity contribution < 1.29 is 9.53 Å². The zero-order valence-electron chi connectivity index (χ0n) is 8.38. The Morgan fingerprint density at radius 1 is 1.40 bits per heavy atom. The maximum absolute atomic E-state index is 10.8. The lowest BCUT2D eigenvalue weighted by molar-refractivity contribution is -0.109. The van der Waals surface area contributed by atoms with E-state index < -0.39 is 6.04 Å². The average Bonchev–Trinajstić information content (AvgIpc) is 2.26. The number of benzene rings is 1. The molecule has 0 heterocycles. The van der Waals surface area contributed by atoms with E-state index in [0.717, 1.165) is 6.29 Å². The van der Waals surface area contributed by atoms with E-state index in [9.17, 15) is 4.79 Å². The van der Waals surface area contributed by atoms with Crippen molar-refractivity contribution >= 4 is 29.5 Å². The van der Waals surface area contributed by atoms with Gasteiger partial charge in [0, 0.05) is 0 Å². The van der Waals surface area contributed by atoms with E-state index in [1.54, 1.807) is 19.2 Å². The first-order chi connectivity index (χ1) is 7.15. The number of ether oxygens (including phenoxy) is 1. The van der Waals surface area contributed by atoms with Gasteiger partial charge in [0.1, 0.15) is 17.1 Å². The Morgan fingerprint density at radius 2 is 2.07 bits per heavy atom. The summed E-state index contributed by atoms with van der Waals surface area (Å²) in [6.45, 7) is 0. The smallest absolute Gasteiger partial charge is 0.141 e. The van der Waals surface area contributed by atoms with Gasteiger partial charge in [-0.15, -0.1) is 0 Å². The van der Waals surface area contributed by atoms with Crippen molar-refractivity contribution in [1.29, 1.82) is 0 Å². The first-order valence-corrected chi connectivity index (χ1v) is 5.05. The number of aldehydes is 1. The molecule has 82 valence electrons. The van der Waals surface area contributed by atoms with Gasteiger partial charge < -0.3 is 14.8 Å². The Morgan fingerprint density at radius 3 is 2.53 bits per heavy atom. The zero-order chi connectivity index (χ0) is 11.4. The second kappa shape index (κ2) is 5.35. The van der Waals surface area contributed by atoms with Crippen LogP contribution in [0.1, 0.15) is 11.6 Å². The fourth-order valence-corrected chi connectivity index (χ4v) is 1.76. The largest absolute Gasteiger partial charge is 0.495 e. The summed E-state index contributed by atoms with van der Waals surface area (Å²) >= 11 is 12.0. The molecule has 0 fully saturated rings. The molecule has 0 amide bonds. The summed E-state index contributed by atoms with van der Waals surface area (Å²) in [5, 5.41) is 3.48. The monoisotopic (exact) mass is 247 g/mol. The molecule has 5 heteroatoms. The first-order valence-electron chi connectivity index (χ1n) is 4.30. The molecule has 1 unspecified atom stereocenters. The number of rotatable bonds is 4. The second-order valence-electron chi connectivity index (χ2n) is 2.89. The Bertz CT molecular complexity index is 369. The number of likely N-dealkylation sites (N-methyl/N-ethyl adjacent to an activating group) is 1. The van der Waals surface area contributed by atoms with Gasteiger partial charge in [-0.05, 0) is 18.7 Å². The molecule has 15 heavy (non-hydrogen) atoms. The summed E-state index contributed by atoms with van der Waals surface area (Å²) in [7, 11) is 3.18. The van der Waals surface area contributed by atoms with E-state index in [4.69, 9.17) is 27.9 Å². The molecule has 1 aromatic carbocycles. The van der Waals surface area contributed by atoms with Gasteiger partial charge in [-0.25, -0.2) is 0 Å². The molecule has 0 spiro atoms. The number of methoxy groups -OCH3 is 1.